The van der Waals surface area contributed by atoms with Crippen molar-refractivity contribution in [2.45, 2.75) is 31.7 Å². The van der Waals surface area contributed by atoms with Crippen LogP contribution in [0.1, 0.15) is 0 Å². The zero-order valence-corrected chi connectivity index (χ0v) is 18.1. The van der Waals surface area contributed by atoms with E-state index < -0.39 is 26.4 Å². The number of rotatable bonds is 5. The number of aliphatic hydroxyl groups is 1. The SMILES string of the molecule is C[Si](C)(C)O.O=C(O)C(O)C(O[SiH3])(O[SiH3])O[SiH3]. The van der Waals surface area contributed by atoms with Crippen molar-refractivity contribution in [1.82, 2.24) is 0 Å². The van der Waals surface area contributed by atoms with Gasteiger partial charge in [-0.3, -0.25) is 0 Å². The van der Waals surface area contributed by atoms with E-state index >= 15 is 0 Å². The van der Waals surface area contributed by atoms with Crippen LogP contribution in [0.15, 0.2) is 0 Å². The minimum Gasteiger partial charge on any atom is -0.479 e. The van der Waals surface area contributed by atoms with Gasteiger partial charge in [0.15, 0.2) is 39.8 Å². The predicted octanol–water partition coefficient (Wildman–Crippen LogP) is -4.21. The first kappa shape index (κ1) is 19.5. The highest BCUT2D eigenvalue weighted by Gasteiger charge is 2.42. The van der Waals surface area contributed by atoms with Crippen molar-refractivity contribution in [3.8, 4) is 0 Å². The van der Waals surface area contributed by atoms with Crippen LogP contribution in [0.5, 0.6) is 0 Å². The van der Waals surface area contributed by atoms with Gasteiger partial charge in [-0.2, -0.15) is 0 Å². The number of hydrogen-bond acceptors (Lipinski definition) is 6. The molecular formula is C6H22O7Si4. The first-order valence-corrected chi connectivity index (χ1v) is 10.7. The molecule has 0 spiro atoms. The average Bonchev–Trinajstić information content (AvgIpc) is 2.18. The molecule has 0 aromatic carbocycles. The zero-order valence-electron chi connectivity index (χ0n) is 11.1. The summed E-state index contributed by atoms with van der Waals surface area (Å²) in [6.07, 6.45) is -1.79. The lowest BCUT2D eigenvalue weighted by Gasteiger charge is -2.32. The molecule has 0 heterocycles. The number of carboxylic acids is 1. The molecule has 3 N–H and O–H groups in total. The predicted molar refractivity (Wildman–Crippen MR) is 75.0 cm³/mol. The molecule has 0 radical (unpaired) electrons. The van der Waals surface area contributed by atoms with Crippen LogP contribution in [-0.4, -0.2) is 72.8 Å². The molecule has 7 nitrogen and oxygen atoms in total. The first-order valence-electron chi connectivity index (χ1n) is 4.82. The van der Waals surface area contributed by atoms with Crippen molar-refractivity contribution in [3.05, 3.63) is 0 Å². The van der Waals surface area contributed by atoms with Gasteiger partial charge in [-0.25, -0.2) is 4.79 Å². The summed E-state index contributed by atoms with van der Waals surface area (Å²) in [6.45, 7) is 5.65. The highest BCUT2D eigenvalue weighted by atomic mass is 28.4. The van der Waals surface area contributed by atoms with Crippen LogP contribution < -0.4 is 0 Å². The van der Waals surface area contributed by atoms with Gasteiger partial charge in [0, 0.05) is 0 Å². The lowest BCUT2D eigenvalue weighted by Crippen LogP contribution is -2.52. The summed E-state index contributed by atoms with van der Waals surface area (Å²) in [7, 11) is -0.921. The molecule has 0 aliphatic rings. The second kappa shape index (κ2) is 8.28. The lowest BCUT2D eigenvalue weighted by molar-refractivity contribution is -0.296. The van der Waals surface area contributed by atoms with Gasteiger partial charge >= 0.3 is 5.97 Å². The first-order chi connectivity index (χ1) is 7.54. The third-order valence-electron chi connectivity index (χ3n) is 1.42. The summed E-state index contributed by atoms with van der Waals surface area (Å²) in [5, 5.41) is 17.6. The third-order valence-corrected chi connectivity index (χ3v) is 3.13. The Labute approximate surface area is 111 Å². The van der Waals surface area contributed by atoms with Crippen LogP contribution in [0.4, 0.5) is 0 Å². The Morgan fingerprint density at radius 2 is 1.41 bits per heavy atom. The fourth-order valence-electron chi connectivity index (χ4n) is 0.736. The van der Waals surface area contributed by atoms with E-state index in [2.05, 4.69) is 0 Å². The minimum atomic E-state index is -1.79. The monoisotopic (exact) mass is 318 g/mol. The summed E-state index contributed by atoms with van der Waals surface area (Å²) in [5.41, 5.74) is 0. The number of carbonyl (C=O) groups is 1. The van der Waals surface area contributed by atoms with E-state index in [1.165, 1.54) is 0 Å². The third kappa shape index (κ3) is 8.81. The van der Waals surface area contributed by atoms with Crippen molar-refractivity contribution in [3.63, 3.8) is 0 Å². The second-order valence-corrected chi connectivity index (χ2v) is 9.69. The van der Waals surface area contributed by atoms with Crippen LogP contribution in [0, 0.1) is 0 Å². The summed E-state index contributed by atoms with van der Waals surface area (Å²) >= 11 is 0. The Kier molecular flexibility index (Phi) is 9.48. The highest BCUT2D eigenvalue weighted by molar-refractivity contribution is 6.68. The molecule has 0 aromatic heterocycles. The quantitative estimate of drug-likeness (QED) is 0.348. The maximum absolute atomic E-state index is 10.4. The van der Waals surface area contributed by atoms with Gasteiger partial charge in [0.05, 0.1) is 0 Å². The molecule has 1 unspecified atom stereocenters. The van der Waals surface area contributed by atoms with Crippen LogP contribution in [0.2, 0.25) is 19.6 Å². The van der Waals surface area contributed by atoms with E-state index in [1.807, 2.05) is 19.6 Å². The molecule has 0 aromatic rings. The number of aliphatic hydroxyl groups excluding tert-OH is 1. The topological polar surface area (TPSA) is 105 Å². The molecule has 17 heavy (non-hydrogen) atoms. The van der Waals surface area contributed by atoms with E-state index in [-0.39, 0.29) is 31.5 Å². The summed E-state index contributed by atoms with van der Waals surface area (Å²) in [6, 6.07) is 0. The number of carboxylic acid groups (broad SMARTS) is 1. The Bertz CT molecular complexity index is 213. The molecule has 0 fully saturated rings. The largest absolute Gasteiger partial charge is 0.479 e. The molecule has 104 valence electrons. The van der Waals surface area contributed by atoms with Crippen LogP contribution in [0.3, 0.4) is 0 Å². The van der Waals surface area contributed by atoms with Gasteiger partial charge in [0.1, 0.15) is 0 Å². The van der Waals surface area contributed by atoms with Crippen molar-refractivity contribution < 1.29 is 33.1 Å². The molecule has 0 aliphatic heterocycles. The zero-order chi connectivity index (χ0) is 14.3. The molecule has 0 saturated heterocycles. The average molecular weight is 319 g/mol. The lowest BCUT2D eigenvalue weighted by atomic mass is 10.3. The summed E-state index contributed by atoms with van der Waals surface area (Å²) in [5.74, 6) is -3.17. The van der Waals surface area contributed by atoms with Gasteiger partial charge in [-0.15, -0.1) is 0 Å². The summed E-state index contributed by atoms with van der Waals surface area (Å²) < 4.78 is 14.4. The Morgan fingerprint density at radius 1 is 1.18 bits per heavy atom. The van der Waals surface area contributed by atoms with E-state index in [1.54, 1.807) is 0 Å². The molecular weight excluding hydrogens is 296 g/mol. The standard InChI is InChI=1S/C3H12O6Si3.C3H10OSi/c4-1(2(5)6)3(7-10,8-11)9-12;1-5(2,3)4/h1,4H,10-12H3,(H,5,6);4H,1-3H3. The fraction of sp³-hybridized carbons (Fsp3) is 0.833. The molecule has 0 rings (SSSR count). The maximum atomic E-state index is 10.4. The van der Waals surface area contributed by atoms with E-state index in [4.69, 9.17) is 28.3 Å². The van der Waals surface area contributed by atoms with Gasteiger partial charge in [0.2, 0.25) is 6.10 Å². The van der Waals surface area contributed by atoms with Gasteiger partial charge in [0.25, 0.3) is 5.97 Å². The molecule has 1 atom stereocenters. The van der Waals surface area contributed by atoms with E-state index in [9.17, 15) is 4.79 Å². The number of hydrogen-bond donors (Lipinski definition) is 3. The Morgan fingerprint density at radius 3 is 1.47 bits per heavy atom. The maximum Gasteiger partial charge on any atom is 0.341 e. The van der Waals surface area contributed by atoms with E-state index in [0.29, 0.717) is 0 Å². The normalized spacial score (nSPS) is 17.0. The van der Waals surface area contributed by atoms with Gasteiger partial charge in [-0.05, 0) is 19.6 Å². The number of aliphatic carboxylic acids is 1. The molecule has 11 heteroatoms. The van der Waals surface area contributed by atoms with Crippen molar-refractivity contribution in [2.24, 2.45) is 0 Å². The molecule has 0 bridgehead atoms. The Hall–Kier alpha value is 0.138. The van der Waals surface area contributed by atoms with Crippen molar-refractivity contribution in [1.29, 1.82) is 0 Å². The minimum absolute atomic E-state index is 0.230. The molecule has 0 aliphatic carbocycles. The van der Waals surface area contributed by atoms with Crippen LogP contribution >= 0.6 is 0 Å². The van der Waals surface area contributed by atoms with Crippen molar-refractivity contribution >= 4 is 45.7 Å². The van der Waals surface area contributed by atoms with Gasteiger partial charge < -0.3 is 28.3 Å². The van der Waals surface area contributed by atoms with Crippen molar-refractivity contribution in [2.75, 3.05) is 0 Å². The second-order valence-electron chi connectivity index (χ2n) is 4.13. The molecule has 0 saturated carbocycles. The highest BCUT2D eigenvalue weighted by Crippen LogP contribution is 2.16. The molecule has 0 amide bonds. The van der Waals surface area contributed by atoms with Gasteiger partial charge in [-0.1, -0.05) is 0 Å². The van der Waals surface area contributed by atoms with Crippen LogP contribution in [-0.2, 0) is 18.1 Å². The smallest absolute Gasteiger partial charge is 0.341 e. The Balaban J connectivity index is 0. The fourth-order valence-corrected chi connectivity index (χ4v) is 3.41. The summed E-state index contributed by atoms with van der Waals surface area (Å²) in [4.78, 5) is 19.0. The van der Waals surface area contributed by atoms with Crippen LogP contribution in [0.25, 0.3) is 0 Å². The van der Waals surface area contributed by atoms with E-state index in [0.717, 1.165) is 0 Å².